The Bertz CT molecular complexity index is 787. The maximum absolute atomic E-state index is 12.3. The molecule has 2 aromatic rings. The van der Waals surface area contributed by atoms with E-state index in [4.69, 9.17) is 11.6 Å². The zero-order valence-corrected chi connectivity index (χ0v) is 12.2. The largest absolute Gasteiger partial charge is 0.322 e. The number of fused-ring (bicyclic) bond motifs is 1. The molecule has 1 aliphatic rings. The Kier molecular flexibility index (Phi) is 3.89. The second-order valence-electron chi connectivity index (χ2n) is 4.76. The van der Waals surface area contributed by atoms with E-state index >= 15 is 0 Å². The Balaban J connectivity index is 1.85. The van der Waals surface area contributed by atoms with Crippen LogP contribution in [0.15, 0.2) is 47.6 Å². The summed E-state index contributed by atoms with van der Waals surface area (Å²) in [6, 6.07) is 11.9. The fourth-order valence-corrected chi connectivity index (χ4v) is 2.40. The lowest BCUT2D eigenvalue weighted by Gasteiger charge is -2.13. The van der Waals surface area contributed by atoms with Gasteiger partial charge in [-0.3, -0.25) is 9.59 Å². The number of hydrogen-bond acceptors (Lipinski definition) is 3. The van der Waals surface area contributed by atoms with Gasteiger partial charge in [-0.05, 0) is 29.8 Å². The predicted octanol–water partition coefficient (Wildman–Crippen LogP) is 2.77. The summed E-state index contributed by atoms with van der Waals surface area (Å²) in [5, 5.41) is 6.84. The number of rotatable bonds is 3. The van der Waals surface area contributed by atoms with Crippen LogP contribution in [0.2, 0.25) is 0 Å². The third-order valence-corrected chi connectivity index (χ3v) is 3.55. The minimum Gasteiger partial charge on any atom is -0.322 e. The van der Waals surface area contributed by atoms with Gasteiger partial charge in [-0.15, -0.1) is 5.10 Å². The van der Waals surface area contributed by atoms with E-state index in [9.17, 15) is 9.59 Å². The summed E-state index contributed by atoms with van der Waals surface area (Å²) in [5.74, 6) is -0.280. The average molecular weight is 313 g/mol. The summed E-state index contributed by atoms with van der Waals surface area (Å²) in [6.07, 6.45) is 0.730. The molecule has 6 heteroatoms. The first-order valence-corrected chi connectivity index (χ1v) is 6.95. The van der Waals surface area contributed by atoms with Gasteiger partial charge in [0.1, 0.15) is 6.29 Å². The first kappa shape index (κ1) is 14.3. The molecule has 0 aromatic heterocycles. The Morgan fingerprint density at radius 2 is 2.09 bits per heavy atom. The highest BCUT2D eigenvalue weighted by Crippen LogP contribution is 2.20. The van der Waals surface area contributed by atoms with Gasteiger partial charge in [0, 0.05) is 22.4 Å². The predicted molar refractivity (Wildman–Crippen MR) is 84.5 cm³/mol. The van der Waals surface area contributed by atoms with Crippen LogP contribution in [-0.2, 0) is 6.54 Å². The molecule has 0 unspecified atom stereocenters. The van der Waals surface area contributed by atoms with E-state index in [0.29, 0.717) is 28.9 Å². The highest BCUT2D eigenvalue weighted by atomic mass is 35.5. The van der Waals surface area contributed by atoms with Gasteiger partial charge in [0.2, 0.25) is 0 Å². The number of hydrogen-bond donors (Lipinski definition) is 1. The Morgan fingerprint density at radius 3 is 2.91 bits per heavy atom. The minimum atomic E-state index is -0.280. The van der Waals surface area contributed by atoms with Gasteiger partial charge >= 0.3 is 0 Å². The number of benzene rings is 2. The molecular formula is C16H11ClN3O2. The molecule has 1 N–H and O–H groups in total. The molecule has 1 heterocycles. The summed E-state index contributed by atoms with van der Waals surface area (Å²) >= 11 is 6.01. The normalized spacial score (nSPS) is 12.7. The second kappa shape index (κ2) is 5.99. The zero-order chi connectivity index (χ0) is 15.5. The molecular weight excluding hydrogens is 302 g/mol. The van der Waals surface area contributed by atoms with Crippen molar-refractivity contribution in [1.29, 1.82) is 0 Å². The summed E-state index contributed by atoms with van der Waals surface area (Å²) in [5.41, 5.74) is 7.05. The van der Waals surface area contributed by atoms with Crippen molar-refractivity contribution in [2.75, 3.05) is 5.32 Å². The van der Waals surface area contributed by atoms with Crippen LogP contribution in [0, 0.1) is 0 Å². The molecule has 109 valence electrons. The Hall–Kier alpha value is -2.66. The van der Waals surface area contributed by atoms with Gasteiger partial charge in [0.05, 0.1) is 6.54 Å². The first-order chi connectivity index (χ1) is 10.7. The van der Waals surface area contributed by atoms with E-state index in [1.807, 2.05) is 6.07 Å². The topological polar surface area (TPSA) is 72.6 Å². The van der Waals surface area contributed by atoms with Crippen molar-refractivity contribution in [3.63, 3.8) is 0 Å². The molecule has 0 atom stereocenters. The Labute approximate surface area is 132 Å². The molecule has 0 fully saturated rings. The Morgan fingerprint density at radius 1 is 1.23 bits per heavy atom. The van der Waals surface area contributed by atoms with Crippen LogP contribution in [-0.4, -0.2) is 17.4 Å². The standard InChI is InChI=1S/C16H11ClN3O2/c17-15-14-7-11(4-5-12(14)8-18-20-15)16(22)19-13-3-1-2-10(6-13)9-21/h1-7,9H,8H2,(H,19,22). The summed E-state index contributed by atoms with van der Waals surface area (Å²) in [4.78, 5) is 23.1. The summed E-state index contributed by atoms with van der Waals surface area (Å²) < 4.78 is 0. The number of nitrogens with one attached hydrogen (secondary N) is 1. The molecule has 0 spiro atoms. The molecule has 0 aliphatic carbocycles. The van der Waals surface area contributed by atoms with Crippen molar-refractivity contribution in [3.05, 3.63) is 64.7 Å². The molecule has 0 saturated carbocycles. The number of carbonyl (C=O) groups excluding carboxylic acids is 2. The number of anilines is 1. The lowest BCUT2D eigenvalue weighted by Crippen LogP contribution is -2.16. The number of amides is 1. The van der Waals surface area contributed by atoms with Crippen molar-refractivity contribution in [1.82, 2.24) is 5.43 Å². The van der Waals surface area contributed by atoms with Gasteiger partial charge in [0.15, 0.2) is 5.17 Å². The van der Waals surface area contributed by atoms with Crippen molar-refractivity contribution < 1.29 is 9.59 Å². The zero-order valence-electron chi connectivity index (χ0n) is 11.4. The molecule has 0 bridgehead atoms. The van der Waals surface area contributed by atoms with E-state index in [2.05, 4.69) is 15.8 Å². The van der Waals surface area contributed by atoms with Crippen molar-refractivity contribution in [3.8, 4) is 0 Å². The molecule has 2 aromatic carbocycles. The van der Waals surface area contributed by atoms with Crippen molar-refractivity contribution in [2.45, 2.75) is 6.54 Å². The fraction of sp³-hybridized carbons (Fsp3) is 0.0625. The minimum absolute atomic E-state index is 0.277. The third kappa shape index (κ3) is 2.84. The molecule has 3 rings (SSSR count). The highest BCUT2D eigenvalue weighted by molar-refractivity contribution is 6.69. The average Bonchev–Trinajstić information content (AvgIpc) is 2.55. The van der Waals surface area contributed by atoms with Crippen LogP contribution in [0.25, 0.3) is 0 Å². The van der Waals surface area contributed by atoms with Gasteiger partial charge in [-0.25, -0.2) is 0 Å². The highest BCUT2D eigenvalue weighted by Gasteiger charge is 2.16. The van der Waals surface area contributed by atoms with Crippen LogP contribution < -0.4 is 10.7 Å². The van der Waals surface area contributed by atoms with E-state index in [1.54, 1.807) is 36.4 Å². The summed E-state index contributed by atoms with van der Waals surface area (Å²) in [6.45, 7) is 0.453. The smallest absolute Gasteiger partial charge is 0.255 e. The lowest BCUT2D eigenvalue weighted by molar-refractivity contribution is 0.102. The summed E-state index contributed by atoms with van der Waals surface area (Å²) in [7, 11) is 0. The monoisotopic (exact) mass is 312 g/mol. The van der Waals surface area contributed by atoms with E-state index < -0.39 is 0 Å². The molecule has 5 nitrogen and oxygen atoms in total. The fourth-order valence-electron chi connectivity index (χ4n) is 2.17. The third-order valence-electron chi connectivity index (χ3n) is 3.27. The number of carbonyl (C=O) groups is 2. The van der Waals surface area contributed by atoms with Crippen molar-refractivity contribution >= 4 is 34.7 Å². The quantitative estimate of drug-likeness (QED) is 0.885. The van der Waals surface area contributed by atoms with Gasteiger partial charge in [-0.2, -0.15) is 5.43 Å². The van der Waals surface area contributed by atoms with Gasteiger partial charge in [-0.1, -0.05) is 29.8 Å². The van der Waals surface area contributed by atoms with Crippen LogP contribution >= 0.6 is 11.6 Å². The van der Waals surface area contributed by atoms with Gasteiger partial charge < -0.3 is 5.32 Å². The molecule has 1 radical (unpaired) electrons. The number of aldehydes is 1. The van der Waals surface area contributed by atoms with Crippen LogP contribution in [0.1, 0.15) is 31.8 Å². The van der Waals surface area contributed by atoms with E-state index in [0.717, 1.165) is 11.8 Å². The second-order valence-corrected chi connectivity index (χ2v) is 5.12. The number of halogens is 1. The maximum Gasteiger partial charge on any atom is 0.255 e. The van der Waals surface area contributed by atoms with Crippen LogP contribution in [0.4, 0.5) is 5.69 Å². The molecule has 1 aliphatic heterocycles. The molecule has 22 heavy (non-hydrogen) atoms. The molecule has 0 saturated heterocycles. The lowest BCUT2D eigenvalue weighted by atomic mass is 10.0. The molecule has 1 amide bonds. The van der Waals surface area contributed by atoms with Crippen LogP contribution in [0.5, 0.6) is 0 Å². The van der Waals surface area contributed by atoms with E-state index in [-0.39, 0.29) is 11.1 Å². The maximum atomic E-state index is 12.3. The van der Waals surface area contributed by atoms with Crippen LogP contribution in [0.3, 0.4) is 0 Å². The van der Waals surface area contributed by atoms with Crippen molar-refractivity contribution in [2.24, 2.45) is 5.10 Å². The first-order valence-electron chi connectivity index (χ1n) is 6.57. The van der Waals surface area contributed by atoms with E-state index in [1.165, 1.54) is 0 Å². The van der Waals surface area contributed by atoms with Gasteiger partial charge in [0.25, 0.3) is 5.91 Å². The SMILES string of the molecule is O=Cc1cccc(NC(=O)c2ccc3c(c2)C(Cl)=N[N]C3)c1. The number of nitrogens with zero attached hydrogens (tertiary/aromatic N) is 2.